The molecule has 0 radical (unpaired) electrons. The quantitative estimate of drug-likeness (QED) is 0.827. The number of hydrogen-bond donors (Lipinski definition) is 2. The van der Waals surface area contributed by atoms with Crippen molar-refractivity contribution in [3.05, 3.63) is 83.4 Å². The van der Waals surface area contributed by atoms with Gasteiger partial charge >= 0.3 is 0 Å². The zero-order chi connectivity index (χ0) is 14.9. The van der Waals surface area contributed by atoms with Crippen molar-refractivity contribution in [3.8, 4) is 0 Å². The first-order valence-electron chi connectivity index (χ1n) is 7.28. The van der Waals surface area contributed by atoms with E-state index in [4.69, 9.17) is 0 Å². The molecule has 1 aliphatic rings. The molecule has 0 bridgehead atoms. The Hall–Kier alpha value is -1.90. The summed E-state index contributed by atoms with van der Waals surface area (Å²) in [5, 5.41) is 22.7. The molecule has 0 aromatic heterocycles. The lowest BCUT2D eigenvalue weighted by Crippen LogP contribution is -2.51. The maximum atomic E-state index is 11.4. The molecule has 2 aromatic carbocycles. The van der Waals surface area contributed by atoms with Crippen LogP contribution in [0.25, 0.3) is 0 Å². The lowest BCUT2D eigenvalue weighted by Gasteiger charge is -2.47. The summed E-state index contributed by atoms with van der Waals surface area (Å²) in [4.78, 5) is 0. The monoisotopic (exact) mass is 280 g/mol. The molecule has 2 aromatic rings. The summed E-state index contributed by atoms with van der Waals surface area (Å²) in [5.41, 5.74) is -0.0188. The van der Waals surface area contributed by atoms with Gasteiger partial charge in [-0.05, 0) is 18.1 Å². The molecule has 0 fully saturated rings. The van der Waals surface area contributed by atoms with E-state index in [1.807, 2.05) is 73.7 Å². The van der Waals surface area contributed by atoms with E-state index in [9.17, 15) is 10.2 Å². The highest BCUT2D eigenvalue weighted by Crippen LogP contribution is 2.49. The third-order valence-electron chi connectivity index (χ3n) is 4.47. The molecule has 2 nitrogen and oxygen atoms in total. The SMILES string of the molecule is CC1=CC[C@@](O)(c2ccccc2)[C@@](O)(c2ccccc2)C1. The van der Waals surface area contributed by atoms with Gasteiger partial charge in [0.2, 0.25) is 0 Å². The van der Waals surface area contributed by atoms with Crippen LogP contribution in [0.3, 0.4) is 0 Å². The Bertz CT molecular complexity index is 648. The molecule has 3 rings (SSSR count). The molecule has 0 heterocycles. The van der Waals surface area contributed by atoms with Crippen molar-refractivity contribution in [2.75, 3.05) is 0 Å². The highest BCUT2D eigenvalue weighted by atomic mass is 16.4. The topological polar surface area (TPSA) is 40.5 Å². The number of rotatable bonds is 2. The second-order valence-corrected chi connectivity index (χ2v) is 5.88. The largest absolute Gasteiger partial charge is 0.381 e. The predicted molar refractivity (Wildman–Crippen MR) is 83.7 cm³/mol. The average molecular weight is 280 g/mol. The molecular formula is C19H20O2. The Labute approximate surface area is 125 Å². The van der Waals surface area contributed by atoms with Crippen molar-refractivity contribution < 1.29 is 10.2 Å². The fourth-order valence-corrected chi connectivity index (χ4v) is 3.24. The molecule has 108 valence electrons. The predicted octanol–water partition coefficient (Wildman–Crippen LogP) is 3.50. The summed E-state index contributed by atoms with van der Waals surface area (Å²) in [6.45, 7) is 2.00. The van der Waals surface area contributed by atoms with Crippen LogP contribution in [0.1, 0.15) is 30.9 Å². The Morgan fingerprint density at radius 2 is 1.24 bits per heavy atom. The Morgan fingerprint density at radius 3 is 1.76 bits per heavy atom. The van der Waals surface area contributed by atoms with Gasteiger partial charge in [-0.15, -0.1) is 0 Å². The first kappa shape index (κ1) is 14.1. The minimum absolute atomic E-state index is 0.411. The number of benzene rings is 2. The first-order chi connectivity index (χ1) is 10.1. The van der Waals surface area contributed by atoms with Gasteiger partial charge < -0.3 is 10.2 Å². The smallest absolute Gasteiger partial charge is 0.126 e. The second kappa shape index (κ2) is 5.14. The van der Waals surface area contributed by atoms with Crippen LogP contribution in [-0.2, 0) is 11.2 Å². The Morgan fingerprint density at radius 1 is 0.762 bits per heavy atom. The second-order valence-electron chi connectivity index (χ2n) is 5.88. The molecule has 2 N–H and O–H groups in total. The molecule has 2 atom stereocenters. The van der Waals surface area contributed by atoms with Crippen LogP contribution in [-0.4, -0.2) is 10.2 Å². The van der Waals surface area contributed by atoms with Crippen LogP contribution in [0.4, 0.5) is 0 Å². The number of hydrogen-bond acceptors (Lipinski definition) is 2. The molecule has 0 spiro atoms. The zero-order valence-corrected chi connectivity index (χ0v) is 12.2. The minimum atomic E-state index is -1.31. The standard InChI is InChI=1S/C19H20O2/c1-15-12-13-18(20,16-8-4-2-5-9-16)19(21,14-15)17-10-6-3-7-11-17/h2-12,20-21H,13-14H2,1H3/t18-,19+/m1/s1. The molecule has 0 saturated heterocycles. The van der Waals surface area contributed by atoms with Crippen LogP contribution >= 0.6 is 0 Å². The molecule has 0 amide bonds. The third kappa shape index (κ3) is 2.21. The van der Waals surface area contributed by atoms with E-state index in [0.29, 0.717) is 12.8 Å². The van der Waals surface area contributed by atoms with Gasteiger partial charge in [-0.2, -0.15) is 0 Å². The van der Waals surface area contributed by atoms with Gasteiger partial charge in [-0.1, -0.05) is 72.3 Å². The first-order valence-corrected chi connectivity index (χ1v) is 7.28. The molecule has 0 saturated carbocycles. The molecule has 0 unspecified atom stereocenters. The number of aliphatic hydroxyl groups is 2. The Kier molecular flexibility index (Phi) is 3.44. The maximum absolute atomic E-state index is 11.4. The summed E-state index contributed by atoms with van der Waals surface area (Å²) in [5.74, 6) is 0. The summed E-state index contributed by atoms with van der Waals surface area (Å²) in [6.07, 6.45) is 2.86. The highest BCUT2D eigenvalue weighted by Gasteiger charge is 2.52. The van der Waals surface area contributed by atoms with Crippen molar-refractivity contribution in [2.24, 2.45) is 0 Å². The third-order valence-corrected chi connectivity index (χ3v) is 4.47. The lowest BCUT2D eigenvalue weighted by molar-refractivity contribution is -0.168. The van der Waals surface area contributed by atoms with E-state index in [-0.39, 0.29) is 0 Å². The van der Waals surface area contributed by atoms with Crippen LogP contribution < -0.4 is 0 Å². The van der Waals surface area contributed by atoms with Gasteiger partial charge in [0.1, 0.15) is 11.2 Å². The maximum Gasteiger partial charge on any atom is 0.126 e. The summed E-state index contributed by atoms with van der Waals surface area (Å²) in [6, 6.07) is 18.9. The molecular weight excluding hydrogens is 260 g/mol. The van der Waals surface area contributed by atoms with Gasteiger partial charge in [0, 0.05) is 12.8 Å². The van der Waals surface area contributed by atoms with Crippen LogP contribution in [0.5, 0.6) is 0 Å². The normalized spacial score (nSPS) is 29.0. The van der Waals surface area contributed by atoms with E-state index >= 15 is 0 Å². The minimum Gasteiger partial charge on any atom is -0.381 e. The summed E-state index contributed by atoms with van der Waals surface area (Å²) >= 11 is 0. The highest BCUT2D eigenvalue weighted by molar-refractivity contribution is 5.38. The van der Waals surface area contributed by atoms with E-state index < -0.39 is 11.2 Å². The van der Waals surface area contributed by atoms with Crippen molar-refractivity contribution in [1.82, 2.24) is 0 Å². The van der Waals surface area contributed by atoms with Gasteiger partial charge in [-0.3, -0.25) is 0 Å². The van der Waals surface area contributed by atoms with Gasteiger partial charge in [0.25, 0.3) is 0 Å². The zero-order valence-electron chi connectivity index (χ0n) is 12.2. The summed E-state index contributed by atoms with van der Waals surface area (Å²) < 4.78 is 0. The van der Waals surface area contributed by atoms with Gasteiger partial charge in [0.15, 0.2) is 0 Å². The van der Waals surface area contributed by atoms with E-state index in [2.05, 4.69) is 0 Å². The van der Waals surface area contributed by atoms with Crippen LogP contribution in [0, 0.1) is 0 Å². The molecule has 21 heavy (non-hydrogen) atoms. The van der Waals surface area contributed by atoms with E-state index in [1.165, 1.54) is 0 Å². The van der Waals surface area contributed by atoms with Crippen molar-refractivity contribution in [3.63, 3.8) is 0 Å². The summed E-state index contributed by atoms with van der Waals surface area (Å²) in [7, 11) is 0. The van der Waals surface area contributed by atoms with E-state index in [0.717, 1.165) is 16.7 Å². The average Bonchev–Trinajstić information content (AvgIpc) is 2.53. The van der Waals surface area contributed by atoms with Crippen molar-refractivity contribution in [2.45, 2.75) is 31.0 Å². The fourth-order valence-electron chi connectivity index (χ4n) is 3.24. The van der Waals surface area contributed by atoms with E-state index in [1.54, 1.807) is 0 Å². The molecule has 0 aliphatic heterocycles. The van der Waals surface area contributed by atoms with Crippen LogP contribution in [0.15, 0.2) is 72.3 Å². The Balaban J connectivity index is 2.18. The molecule has 2 heteroatoms. The van der Waals surface area contributed by atoms with Crippen molar-refractivity contribution >= 4 is 0 Å². The lowest BCUT2D eigenvalue weighted by atomic mass is 9.66. The van der Waals surface area contributed by atoms with Gasteiger partial charge in [0.05, 0.1) is 0 Å². The fraction of sp³-hybridized carbons (Fsp3) is 0.263. The molecule has 1 aliphatic carbocycles. The van der Waals surface area contributed by atoms with Crippen LogP contribution in [0.2, 0.25) is 0 Å². The van der Waals surface area contributed by atoms with Gasteiger partial charge in [-0.25, -0.2) is 0 Å². The van der Waals surface area contributed by atoms with Crippen molar-refractivity contribution in [1.29, 1.82) is 0 Å².